The zero-order chi connectivity index (χ0) is 19.5. The molecule has 4 atom stereocenters. The van der Waals surface area contributed by atoms with Gasteiger partial charge in [0.1, 0.15) is 12.2 Å². The van der Waals surface area contributed by atoms with Crippen molar-refractivity contribution >= 4 is 11.9 Å². The van der Waals surface area contributed by atoms with Gasteiger partial charge >= 0.3 is 11.9 Å². The number of fused-ring (bicyclic) bond motifs is 1. The molecule has 0 bridgehead atoms. The van der Waals surface area contributed by atoms with Gasteiger partial charge in [0, 0.05) is 19.4 Å². The summed E-state index contributed by atoms with van der Waals surface area (Å²) in [5.74, 6) is -1.67. The first-order valence-corrected chi connectivity index (χ1v) is 8.65. The summed E-state index contributed by atoms with van der Waals surface area (Å²) in [5.41, 5.74) is -0.180. The third kappa shape index (κ3) is 4.52. The molecular weight excluding hydrogens is 340 g/mol. The van der Waals surface area contributed by atoms with E-state index in [2.05, 4.69) is 11.3 Å². The average Bonchev–Trinajstić information content (AvgIpc) is 2.86. The van der Waals surface area contributed by atoms with Crippen LogP contribution in [0.3, 0.4) is 0 Å². The summed E-state index contributed by atoms with van der Waals surface area (Å²) >= 11 is 0. The number of carbonyl (C=O) groups is 2. The van der Waals surface area contributed by atoms with E-state index in [1.54, 1.807) is 6.08 Å². The Hall–Kier alpha value is -1.70. The van der Waals surface area contributed by atoms with E-state index in [-0.39, 0.29) is 12.7 Å². The van der Waals surface area contributed by atoms with Crippen molar-refractivity contribution in [1.82, 2.24) is 0 Å². The van der Waals surface area contributed by atoms with Gasteiger partial charge < -0.3 is 23.7 Å². The molecule has 2 rings (SSSR count). The van der Waals surface area contributed by atoms with Crippen LogP contribution in [0.5, 0.6) is 0 Å². The molecule has 0 aliphatic carbocycles. The molecule has 2 heterocycles. The van der Waals surface area contributed by atoms with E-state index in [4.69, 9.17) is 18.9 Å². The Balaban J connectivity index is 2.27. The van der Waals surface area contributed by atoms with Crippen molar-refractivity contribution in [3.63, 3.8) is 0 Å². The quantitative estimate of drug-likeness (QED) is 0.404. The number of esters is 2. The van der Waals surface area contributed by atoms with Gasteiger partial charge in [0.2, 0.25) is 0 Å². The molecule has 26 heavy (non-hydrogen) atoms. The lowest BCUT2D eigenvalue weighted by Crippen LogP contribution is -2.61. The van der Waals surface area contributed by atoms with E-state index >= 15 is 0 Å². The standard InChI is InChI=1S/C19H28O7/c1-7-8-19(24-13(3)20)11-23-14(9-12(2)10-15(21)22-6)16-17(19)26-18(4,5)25-16/h7,10,14,16-17H,1,8-9,11H2,2-6H3/b12-10+. The van der Waals surface area contributed by atoms with E-state index < -0.39 is 35.5 Å². The molecule has 146 valence electrons. The summed E-state index contributed by atoms with van der Waals surface area (Å²) in [6, 6.07) is 0. The van der Waals surface area contributed by atoms with Gasteiger partial charge in [-0.1, -0.05) is 11.6 Å². The molecular formula is C19H28O7. The zero-order valence-corrected chi connectivity index (χ0v) is 16.1. The molecule has 0 amide bonds. The molecule has 7 nitrogen and oxygen atoms in total. The van der Waals surface area contributed by atoms with E-state index in [0.717, 1.165) is 5.57 Å². The first-order valence-electron chi connectivity index (χ1n) is 8.65. The summed E-state index contributed by atoms with van der Waals surface area (Å²) in [7, 11) is 1.33. The lowest BCUT2D eigenvalue weighted by atomic mass is 9.83. The highest BCUT2D eigenvalue weighted by Crippen LogP contribution is 2.44. The molecule has 0 radical (unpaired) electrons. The normalized spacial score (nSPS) is 33.3. The summed E-state index contributed by atoms with van der Waals surface area (Å²) in [4.78, 5) is 23.1. The molecule has 4 unspecified atom stereocenters. The monoisotopic (exact) mass is 368 g/mol. The smallest absolute Gasteiger partial charge is 0.330 e. The second-order valence-corrected chi connectivity index (χ2v) is 7.24. The van der Waals surface area contributed by atoms with Gasteiger partial charge in [-0.05, 0) is 27.2 Å². The second kappa shape index (κ2) is 7.90. The van der Waals surface area contributed by atoms with Crippen LogP contribution in [0.2, 0.25) is 0 Å². The van der Waals surface area contributed by atoms with Crippen molar-refractivity contribution in [1.29, 1.82) is 0 Å². The maximum Gasteiger partial charge on any atom is 0.330 e. The fourth-order valence-electron chi connectivity index (χ4n) is 3.54. The lowest BCUT2D eigenvalue weighted by Gasteiger charge is -2.45. The molecule has 0 aromatic rings. The van der Waals surface area contributed by atoms with Crippen molar-refractivity contribution in [3.8, 4) is 0 Å². The fourth-order valence-corrected chi connectivity index (χ4v) is 3.54. The van der Waals surface area contributed by atoms with E-state index in [0.29, 0.717) is 12.8 Å². The van der Waals surface area contributed by atoms with Crippen LogP contribution in [-0.2, 0) is 33.3 Å². The Morgan fingerprint density at radius 3 is 2.54 bits per heavy atom. The largest absolute Gasteiger partial charge is 0.466 e. The number of ether oxygens (including phenoxy) is 5. The van der Waals surface area contributed by atoms with Crippen LogP contribution in [0, 0.1) is 0 Å². The van der Waals surface area contributed by atoms with Crippen LogP contribution in [-0.4, -0.2) is 55.4 Å². The minimum absolute atomic E-state index is 0.162. The van der Waals surface area contributed by atoms with Gasteiger partial charge in [0.05, 0.1) is 19.8 Å². The molecule has 2 saturated heterocycles. The summed E-state index contributed by atoms with van der Waals surface area (Å²) in [5, 5.41) is 0. The van der Waals surface area contributed by atoms with Gasteiger partial charge in [-0.3, -0.25) is 4.79 Å². The van der Waals surface area contributed by atoms with Crippen LogP contribution in [0.15, 0.2) is 24.3 Å². The molecule has 2 aliphatic heterocycles. The SMILES string of the molecule is C=CCC1(OC(C)=O)COC(C/C(C)=C/C(=O)OC)C2OC(C)(C)OC21. The van der Waals surface area contributed by atoms with E-state index in [9.17, 15) is 9.59 Å². The highest BCUT2D eigenvalue weighted by molar-refractivity contribution is 5.82. The van der Waals surface area contributed by atoms with E-state index in [1.807, 2.05) is 20.8 Å². The van der Waals surface area contributed by atoms with Crippen LogP contribution < -0.4 is 0 Å². The average molecular weight is 368 g/mol. The maximum absolute atomic E-state index is 11.7. The molecule has 0 saturated carbocycles. The molecule has 0 spiro atoms. The number of methoxy groups -OCH3 is 1. The predicted molar refractivity (Wildman–Crippen MR) is 93.3 cm³/mol. The molecule has 0 aromatic carbocycles. The highest BCUT2D eigenvalue weighted by atomic mass is 16.8. The third-order valence-corrected chi connectivity index (χ3v) is 4.48. The molecule has 0 aromatic heterocycles. The van der Waals surface area contributed by atoms with Crippen molar-refractivity contribution < 1.29 is 33.3 Å². The number of carbonyl (C=O) groups excluding carboxylic acids is 2. The number of hydrogen-bond acceptors (Lipinski definition) is 7. The minimum Gasteiger partial charge on any atom is -0.466 e. The maximum atomic E-state index is 11.7. The molecule has 7 heteroatoms. The second-order valence-electron chi connectivity index (χ2n) is 7.24. The van der Waals surface area contributed by atoms with Crippen LogP contribution in [0.25, 0.3) is 0 Å². The van der Waals surface area contributed by atoms with Crippen LogP contribution in [0.4, 0.5) is 0 Å². The Labute approximate surface area is 154 Å². The van der Waals surface area contributed by atoms with Gasteiger partial charge in [-0.15, -0.1) is 6.58 Å². The summed E-state index contributed by atoms with van der Waals surface area (Å²) < 4.78 is 28.5. The lowest BCUT2D eigenvalue weighted by molar-refractivity contribution is -0.220. The summed E-state index contributed by atoms with van der Waals surface area (Å²) in [6.07, 6.45) is 2.69. The minimum atomic E-state index is -0.984. The number of hydrogen-bond donors (Lipinski definition) is 0. The Bertz CT molecular complexity index is 595. The summed E-state index contributed by atoms with van der Waals surface area (Å²) in [6.45, 7) is 10.7. The van der Waals surface area contributed by atoms with Gasteiger partial charge in [0.15, 0.2) is 11.4 Å². The Morgan fingerprint density at radius 1 is 1.27 bits per heavy atom. The van der Waals surface area contributed by atoms with Gasteiger partial charge in [-0.25, -0.2) is 4.79 Å². The Kier molecular flexibility index (Phi) is 6.26. The van der Waals surface area contributed by atoms with Crippen LogP contribution >= 0.6 is 0 Å². The van der Waals surface area contributed by atoms with Crippen molar-refractivity contribution in [3.05, 3.63) is 24.3 Å². The fraction of sp³-hybridized carbons (Fsp3) is 0.684. The van der Waals surface area contributed by atoms with Crippen molar-refractivity contribution in [2.24, 2.45) is 0 Å². The van der Waals surface area contributed by atoms with Crippen molar-refractivity contribution in [2.45, 2.75) is 70.2 Å². The van der Waals surface area contributed by atoms with Crippen molar-refractivity contribution in [2.75, 3.05) is 13.7 Å². The molecule has 0 N–H and O–H groups in total. The molecule has 2 aliphatic rings. The predicted octanol–water partition coefficient (Wildman–Crippen LogP) is 2.29. The Morgan fingerprint density at radius 2 is 1.96 bits per heavy atom. The van der Waals surface area contributed by atoms with Crippen LogP contribution in [0.1, 0.15) is 40.5 Å². The van der Waals surface area contributed by atoms with E-state index in [1.165, 1.54) is 20.1 Å². The first kappa shape index (κ1) is 20.6. The zero-order valence-electron chi connectivity index (χ0n) is 16.1. The highest BCUT2D eigenvalue weighted by Gasteiger charge is 2.60. The molecule has 2 fully saturated rings. The number of rotatable bonds is 6. The first-order chi connectivity index (χ1) is 12.1. The topological polar surface area (TPSA) is 80.3 Å². The third-order valence-electron chi connectivity index (χ3n) is 4.48. The van der Waals surface area contributed by atoms with Gasteiger partial charge in [0.25, 0.3) is 0 Å². The van der Waals surface area contributed by atoms with Gasteiger partial charge in [-0.2, -0.15) is 0 Å².